The van der Waals surface area contributed by atoms with E-state index in [1.807, 2.05) is 0 Å². The molecule has 0 bridgehead atoms. The SMILES string of the molecule is C=C(N)C1=CCC2C(C1)c1ccc(CC)cc1OC2(C)C. The molecular formula is C19H25NO. The van der Waals surface area contributed by atoms with Crippen molar-refractivity contribution in [2.45, 2.75) is 51.6 Å². The summed E-state index contributed by atoms with van der Waals surface area (Å²) < 4.78 is 6.34. The van der Waals surface area contributed by atoms with Gasteiger partial charge in [0.15, 0.2) is 0 Å². The molecule has 3 rings (SSSR count). The number of nitrogens with two attached hydrogens (primary N) is 1. The molecule has 1 aliphatic carbocycles. The molecule has 2 unspecified atom stereocenters. The van der Waals surface area contributed by atoms with Gasteiger partial charge in [0.05, 0.1) is 0 Å². The summed E-state index contributed by atoms with van der Waals surface area (Å²) in [5, 5.41) is 0. The average molecular weight is 283 g/mol. The fraction of sp³-hybridized carbons (Fsp3) is 0.474. The number of aryl methyl sites for hydroxylation is 1. The second-order valence-corrected chi connectivity index (χ2v) is 6.84. The third-order valence-corrected chi connectivity index (χ3v) is 5.11. The number of rotatable bonds is 2. The van der Waals surface area contributed by atoms with Crippen molar-refractivity contribution < 1.29 is 4.74 Å². The van der Waals surface area contributed by atoms with Crippen LogP contribution in [0.5, 0.6) is 5.75 Å². The van der Waals surface area contributed by atoms with Gasteiger partial charge in [-0.1, -0.05) is 31.7 Å². The fourth-order valence-corrected chi connectivity index (χ4v) is 3.81. The van der Waals surface area contributed by atoms with Crippen LogP contribution in [0.4, 0.5) is 0 Å². The molecule has 1 aliphatic heterocycles. The summed E-state index contributed by atoms with van der Waals surface area (Å²) in [5.74, 6) is 2.04. The Balaban J connectivity index is 2.05. The van der Waals surface area contributed by atoms with E-state index in [0.29, 0.717) is 17.5 Å². The highest BCUT2D eigenvalue weighted by atomic mass is 16.5. The first-order chi connectivity index (χ1) is 9.92. The summed E-state index contributed by atoms with van der Waals surface area (Å²) in [7, 11) is 0. The molecule has 112 valence electrons. The monoisotopic (exact) mass is 283 g/mol. The molecular weight excluding hydrogens is 258 g/mol. The van der Waals surface area contributed by atoms with Gasteiger partial charge < -0.3 is 10.5 Å². The molecule has 2 nitrogen and oxygen atoms in total. The maximum Gasteiger partial charge on any atom is 0.123 e. The molecule has 2 atom stereocenters. The van der Waals surface area contributed by atoms with Crippen LogP contribution in [-0.2, 0) is 6.42 Å². The topological polar surface area (TPSA) is 35.2 Å². The van der Waals surface area contributed by atoms with Crippen molar-refractivity contribution in [1.82, 2.24) is 0 Å². The largest absolute Gasteiger partial charge is 0.487 e. The van der Waals surface area contributed by atoms with E-state index in [0.717, 1.165) is 25.0 Å². The Bertz CT molecular complexity index is 612. The molecule has 2 heteroatoms. The van der Waals surface area contributed by atoms with Gasteiger partial charge in [-0.3, -0.25) is 0 Å². The molecule has 0 saturated heterocycles. The zero-order valence-corrected chi connectivity index (χ0v) is 13.3. The predicted molar refractivity (Wildman–Crippen MR) is 87.4 cm³/mol. The first-order valence-corrected chi connectivity index (χ1v) is 7.88. The Morgan fingerprint density at radius 3 is 2.86 bits per heavy atom. The Morgan fingerprint density at radius 2 is 2.19 bits per heavy atom. The van der Waals surface area contributed by atoms with Crippen LogP contribution in [0, 0.1) is 5.92 Å². The van der Waals surface area contributed by atoms with Gasteiger partial charge in [0, 0.05) is 11.6 Å². The van der Waals surface area contributed by atoms with E-state index >= 15 is 0 Å². The van der Waals surface area contributed by atoms with Crippen LogP contribution in [0.25, 0.3) is 0 Å². The number of fused-ring (bicyclic) bond motifs is 3. The Hall–Kier alpha value is -1.70. The van der Waals surface area contributed by atoms with E-state index in [2.05, 4.69) is 51.6 Å². The summed E-state index contributed by atoms with van der Waals surface area (Å²) >= 11 is 0. The van der Waals surface area contributed by atoms with Crippen LogP contribution >= 0.6 is 0 Å². The van der Waals surface area contributed by atoms with Crippen LogP contribution in [0.15, 0.2) is 42.1 Å². The molecule has 0 amide bonds. The first-order valence-electron chi connectivity index (χ1n) is 7.88. The highest BCUT2D eigenvalue weighted by Crippen LogP contribution is 2.51. The Kier molecular flexibility index (Phi) is 3.35. The molecule has 21 heavy (non-hydrogen) atoms. The van der Waals surface area contributed by atoms with Gasteiger partial charge in [-0.15, -0.1) is 0 Å². The van der Waals surface area contributed by atoms with Crippen LogP contribution in [-0.4, -0.2) is 5.60 Å². The lowest BCUT2D eigenvalue weighted by Gasteiger charge is -2.47. The number of allylic oxidation sites excluding steroid dienone is 2. The summed E-state index contributed by atoms with van der Waals surface area (Å²) in [6.07, 6.45) is 5.28. The lowest BCUT2D eigenvalue weighted by Crippen LogP contribution is -2.45. The number of hydrogen-bond donors (Lipinski definition) is 1. The van der Waals surface area contributed by atoms with Crippen molar-refractivity contribution in [3.05, 3.63) is 53.3 Å². The summed E-state index contributed by atoms with van der Waals surface area (Å²) in [5.41, 5.74) is 10.4. The number of benzene rings is 1. The van der Waals surface area contributed by atoms with Crippen LogP contribution in [0.1, 0.15) is 50.7 Å². The van der Waals surface area contributed by atoms with E-state index in [1.54, 1.807) is 0 Å². The second-order valence-electron chi connectivity index (χ2n) is 6.84. The van der Waals surface area contributed by atoms with Crippen molar-refractivity contribution in [2.24, 2.45) is 11.7 Å². The highest BCUT2D eigenvalue weighted by Gasteiger charge is 2.44. The molecule has 1 aromatic carbocycles. The van der Waals surface area contributed by atoms with Gasteiger partial charge >= 0.3 is 0 Å². The van der Waals surface area contributed by atoms with Gasteiger partial charge in [0.2, 0.25) is 0 Å². The zero-order chi connectivity index (χ0) is 15.2. The minimum Gasteiger partial charge on any atom is -0.487 e. The van der Waals surface area contributed by atoms with Crippen LogP contribution < -0.4 is 10.5 Å². The van der Waals surface area contributed by atoms with Crippen molar-refractivity contribution in [1.29, 1.82) is 0 Å². The predicted octanol–water partition coefficient (Wildman–Crippen LogP) is 4.31. The molecule has 1 heterocycles. The third kappa shape index (κ3) is 2.37. The van der Waals surface area contributed by atoms with E-state index in [-0.39, 0.29) is 5.60 Å². The number of hydrogen-bond acceptors (Lipinski definition) is 2. The van der Waals surface area contributed by atoms with Gasteiger partial charge in [-0.2, -0.15) is 0 Å². The maximum atomic E-state index is 6.34. The zero-order valence-electron chi connectivity index (χ0n) is 13.3. The van der Waals surface area contributed by atoms with Crippen LogP contribution in [0.2, 0.25) is 0 Å². The summed E-state index contributed by atoms with van der Waals surface area (Å²) in [6.45, 7) is 10.5. The molecule has 2 aliphatic rings. The lowest BCUT2D eigenvalue weighted by atomic mass is 9.67. The minimum atomic E-state index is -0.137. The summed E-state index contributed by atoms with van der Waals surface area (Å²) in [4.78, 5) is 0. The minimum absolute atomic E-state index is 0.137. The first kappa shape index (κ1) is 14.2. The highest BCUT2D eigenvalue weighted by molar-refractivity contribution is 5.46. The quantitative estimate of drug-likeness (QED) is 0.877. The van der Waals surface area contributed by atoms with E-state index in [4.69, 9.17) is 10.5 Å². The van der Waals surface area contributed by atoms with E-state index in [9.17, 15) is 0 Å². The molecule has 0 radical (unpaired) electrons. The van der Waals surface area contributed by atoms with Gasteiger partial charge in [-0.05, 0) is 61.8 Å². The van der Waals surface area contributed by atoms with Gasteiger partial charge in [0.1, 0.15) is 11.4 Å². The fourth-order valence-electron chi connectivity index (χ4n) is 3.81. The Morgan fingerprint density at radius 1 is 1.43 bits per heavy atom. The maximum absolute atomic E-state index is 6.34. The average Bonchev–Trinajstić information content (AvgIpc) is 2.45. The number of ether oxygens (including phenoxy) is 1. The smallest absolute Gasteiger partial charge is 0.123 e. The van der Waals surface area contributed by atoms with Crippen molar-refractivity contribution in [3.63, 3.8) is 0 Å². The molecule has 2 N–H and O–H groups in total. The molecule has 0 spiro atoms. The molecule has 0 fully saturated rings. The van der Waals surface area contributed by atoms with Crippen LogP contribution in [0.3, 0.4) is 0 Å². The van der Waals surface area contributed by atoms with Crippen molar-refractivity contribution in [2.75, 3.05) is 0 Å². The van der Waals surface area contributed by atoms with Crippen molar-refractivity contribution >= 4 is 0 Å². The lowest BCUT2D eigenvalue weighted by molar-refractivity contribution is 0.00862. The normalized spacial score (nSPS) is 26.1. The molecule has 1 aromatic rings. The van der Waals surface area contributed by atoms with Gasteiger partial charge in [0.25, 0.3) is 0 Å². The van der Waals surface area contributed by atoms with E-state index < -0.39 is 0 Å². The van der Waals surface area contributed by atoms with E-state index in [1.165, 1.54) is 16.7 Å². The Labute approximate surface area is 127 Å². The summed E-state index contributed by atoms with van der Waals surface area (Å²) in [6, 6.07) is 6.69. The standard InChI is InChI=1S/C19H25NO/c1-5-13-6-8-15-16-11-14(12(2)20)7-9-17(16)19(3,4)21-18(15)10-13/h6-8,10,16-17H,2,5,9,11,20H2,1,3-4H3. The van der Waals surface area contributed by atoms with Gasteiger partial charge in [-0.25, -0.2) is 0 Å². The molecule has 0 saturated carbocycles. The molecule has 0 aromatic heterocycles. The van der Waals surface area contributed by atoms with Crippen molar-refractivity contribution in [3.8, 4) is 5.75 Å². The second kappa shape index (κ2) is 4.94. The third-order valence-electron chi connectivity index (χ3n) is 5.11.